The van der Waals surface area contributed by atoms with Gasteiger partial charge in [-0.1, -0.05) is 35.3 Å². The van der Waals surface area contributed by atoms with Gasteiger partial charge in [-0.3, -0.25) is 15.2 Å². The Kier molecular flexibility index (Phi) is 11.5. The highest BCUT2D eigenvalue weighted by molar-refractivity contribution is 7.61. The van der Waals surface area contributed by atoms with Crippen molar-refractivity contribution in [1.29, 1.82) is 0 Å². The van der Waals surface area contributed by atoms with Gasteiger partial charge >= 0.3 is 5.97 Å². The van der Waals surface area contributed by atoms with E-state index >= 15 is 0 Å². The predicted molar refractivity (Wildman–Crippen MR) is 149 cm³/mol. The molecule has 0 aliphatic carbocycles. The van der Waals surface area contributed by atoms with E-state index in [0.29, 0.717) is 21.4 Å². The van der Waals surface area contributed by atoms with Gasteiger partial charge in [-0.2, -0.15) is 0 Å². The Morgan fingerprint density at radius 1 is 1.08 bits per heavy atom. The minimum absolute atomic E-state index is 0.0189. The molecular formula is C25H29Cl2N4O7P. The second-order valence-electron chi connectivity index (χ2n) is 8.50. The normalized spacial score (nSPS) is 12.3. The van der Waals surface area contributed by atoms with E-state index in [4.69, 9.17) is 27.6 Å². The van der Waals surface area contributed by atoms with Crippen molar-refractivity contribution in [3.8, 4) is 11.3 Å². The highest BCUT2D eigenvalue weighted by Crippen LogP contribution is 2.39. The van der Waals surface area contributed by atoms with E-state index in [0.717, 1.165) is 0 Å². The maximum Gasteiger partial charge on any atom is 0.337 e. The van der Waals surface area contributed by atoms with Crippen molar-refractivity contribution in [3.63, 3.8) is 0 Å². The first-order chi connectivity index (χ1) is 18.7. The minimum Gasteiger partial charge on any atom is -0.478 e. The minimum atomic E-state index is -3.05. The summed E-state index contributed by atoms with van der Waals surface area (Å²) < 4.78 is 18.7. The molecule has 1 amide bonds. The van der Waals surface area contributed by atoms with E-state index in [2.05, 4.69) is 20.7 Å². The first kappa shape index (κ1) is 30.8. The van der Waals surface area contributed by atoms with E-state index in [9.17, 15) is 29.5 Å². The number of oxazole rings is 1. The SMILES string of the molecule is O=C(O)c1ccccc1NC(=O)C(CCNP(=O)(CCO)CCO)NCc1ncc(-c2cc(Cl)ccc2Cl)o1. The second-order valence-corrected chi connectivity index (χ2v) is 12.3. The molecule has 1 unspecified atom stereocenters. The van der Waals surface area contributed by atoms with Crippen LogP contribution in [0.5, 0.6) is 0 Å². The molecule has 1 atom stereocenters. The van der Waals surface area contributed by atoms with Crippen LogP contribution in [0, 0.1) is 0 Å². The summed E-state index contributed by atoms with van der Waals surface area (Å²) in [5, 5.41) is 37.3. The molecule has 0 aliphatic rings. The lowest BCUT2D eigenvalue weighted by atomic mass is 10.1. The molecule has 2 aromatic carbocycles. The van der Waals surface area contributed by atoms with E-state index in [1.165, 1.54) is 18.3 Å². The number of carbonyl (C=O) groups excluding carboxylic acids is 1. The number of hydrogen-bond donors (Lipinski definition) is 6. The average Bonchev–Trinajstić information content (AvgIpc) is 3.36. The summed E-state index contributed by atoms with van der Waals surface area (Å²) in [5.74, 6) is -1.09. The molecule has 3 rings (SSSR count). The molecule has 0 saturated heterocycles. The number of anilines is 1. The molecule has 39 heavy (non-hydrogen) atoms. The lowest BCUT2D eigenvalue weighted by Gasteiger charge is -2.22. The van der Waals surface area contributed by atoms with E-state index < -0.39 is 25.2 Å². The number of halogens is 2. The zero-order chi connectivity index (χ0) is 28.4. The summed E-state index contributed by atoms with van der Waals surface area (Å²) in [4.78, 5) is 29.0. The van der Waals surface area contributed by atoms with Gasteiger partial charge in [0.1, 0.15) is 0 Å². The van der Waals surface area contributed by atoms with E-state index in [1.807, 2.05) is 0 Å². The molecule has 6 N–H and O–H groups in total. The van der Waals surface area contributed by atoms with Crippen LogP contribution in [0.15, 0.2) is 53.1 Å². The third-order valence-corrected chi connectivity index (χ3v) is 8.94. The van der Waals surface area contributed by atoms with Gasteiger partial charge in [-0.15, -0.1) is 0 Å². The van der Waals surface area contributed by atoms with Crippen molar-refractivity contribution >= 4 is 48.1 Å². The fraction of sp³-hybridized carbons (Fsp3) is 0.320. The molecule has 11 nitrogen and oxygen atoms in total. The molecule has 1 aromatic heterocycles. The van der Waals surface area contributed by atoms with E-state index in [-0.39, 0.29) is 62.2 Å². The standard InChI is InChI=1S/C25H29Cl2N4O7P/c26-16-5-6-19(27)18(13-16)22-14-29-23(38-22)15-28-21(7-8-30-39(37,11-9-32)12-10-33)24(34)31-20-4-2-1-3-17(20)25(35)36/h1-6,13-14,21,28,32-33H,7-12,15H2,(H,30,37)(H,31,34)(H,35,36). The maximum absolute atomic E-state index is 13.2. The third kappa shape index (κ3) is 8.87. The van der Waals surface area contributed by atoms with Crippen LogP contribution in [-0.4, -0.2) is 70.3 Å². The van der Waals surface area contributed by atoms with Crippen molar-refractivity contribution in [2.24, 2.45) is 0 Å². The van der Waals surface area contributed by atoms with Crippen LogP contribution in [-0.2, 0) is 15.9 Å². The van der Waals surface area contributed by atoms with Crippen LogP contribution in [0.25, 0.3) is 11.3 Å². The van der Waals surface area contributed by atoms with Crippen LogP contribution >= 0.6 is 30.5 Å². The van der Waals surface area contributed by atoms with Gasteiger partial charge in [-0.25, -0.2) is 9.78 Å². The highest BCUT2D eigenvalue weighted by Gasteiger charge is 2.24. The number of nitrogens with zero attached hydrogens (tertiary/aromatic N) is 1. The number of carbonyl (C=O) groups is 2. The second kappa shape index (κ2) is 14.6. The van der Waals surface area contributed by atoms with Gasteiger partial charge in [-0.05, 0) is 36.8 Å². The fourth-order valence-electron chi connectivity index (χ4n) is 3.74. The molecule has 0 saturated carbocycles. The number of rotatable bonds is 15. The van der Waals surface area contributed by atoms with Crippen molar-refractivity contribution in [2.75, 3.05) is 37.4 Å². The Morgan fingerprint density at radius 3 is 2.49 bits per heavy atom. The number of aromatic nitrogens is 1. The number of carboxylic acid groups (broad SMARTS) is 1. The Bertz CT molecular complexity index is 1330. The number of nitrogens with one attached hydrogen (secondary N) is 3. The number of amides is 1. The van der Waals surface area contributed by atoms with Gasteiger partial charge in [0.15, 0.2) is 13.1 Å². The number of hydrogen-bond acceptors (Lipinski definition) is 8. The molecule has 0 spiro atoms. The number of aliphatic hydroxyl groups excluding tert-OH is 2. The van der Waals surface area contributed by atoms with Crippen LogP contribution in [0.3, 0.4) is 0 Å². The number of carboxylic acids is 1. The van der Waals surface area contributed by atoms with Crippen LogP contribution < -0.4 is 15.7 Å². The molecule has 0 bridgehead atoms. The van der Waals surface area contributed by atoms with Gasteiger partial charge in [0.05, 0.1) is 48.3 Å². The van der Waals surface area contributed by atoms with Gasteiger partial charge in [0.2, 0.25) is 11.8 Å². The first-order valence-electron chi connectivity index (χ1n) is 12.0. The largest absolute Gasteiger partial charge is 0.478 e. The molecule has 0 aliphatic heterocycles. The lowest BCUT2D eigenvalue weighted by molar-refractivity contribution is -0.118. The molecular weight excluding hydrogens is 570 g/mol. The topological polar surface area (TPSA) is 174 Å². The quantitative estimate of drug-likeness (QED) is 0.142. The van der Waals surface area contributed by atoms with E-state index in [1.54, 1.807) is 30.3 Å². The Hall–Kier alpha value is -2.76. The van der Waals surface area contributed by atoms with Gasteiger partial charge in [0.25, 0.3) is 0 Å². The zero-order valence-electron chi connectivity index (χ0n) is 20.8. The van der Waals surface area contributed by atoms with Crippen LogP contribution in [0.2, 0.25) is 10.0 Å². The molecule has 0 fully saturated rings. The number of benzene rings is 2. The number of para-hydroxylation sites is 1. The smallest absolute Gasteiger partial charge is 0.337 e. The molecule has 14 heteroatoms. The summed E-state index contributed by atoms with van der Waals surface area (Å²) >= 11 is 12.3. The molecule has 3 aromatic rings. The van der Waals surface area contributed by atoms with Gasteiger partial charge in [0, 0.05) is 29.5 Å². The first-order valence-corrected chi connectivity index (χ1v) is 14.8. The number of aromatic carboxylic acids is 1. The van der Waals surface area contributed by atoms with Crippen molar-refractivity contribution in [2.45, 2.75) is 19.0 Å². The molecule has 210 valence electrons. The summed E-state index contributed by atoms with van der Waals surface area (Å²) in [6, 6.07) is 10.0. The number of aliphatic hydroxyl groups is 2. The maximum atomic E-state index is 13.2. The zero-order valence-corrected chi connectivity index (χ0v) is 23.2. The lowest BCUT2D eigenvalue weighted by Crippen LogP contribution is -2.42. The monoisotopic (exact) mass is 598 g/mol. The van der Waals surface area contributed by atoms with Crippen molar-refractivity contribution < 1.29 is 33.9 Å². The summed E-state index contributed by atoms with van der Waals surface area (Å²) in [6.07, 6.45) is 1.58. The van der Waals surface area contributed by atoms with Crippen molar-refractivity contribution in [3.05, 3.63) is 70.2 Å². The molecule has 0 radical (unpaired) electrons. The summed E-state index contributed by atoms with van der Waals surface area (Å²) in [6.45, 7) is -0.497. The predicted octanol–water partition coefficient (Wildman–Crippen LogP) is 3.69. The van der Waals surface area contributed by atoms with Crippen LogP contribution in [0.1, 0.15) is 22.7 Å². The average molecular weight is 599 g/mol. The van der Waals surface area contributed by atoms with Crippen LogP contribution in [0.4, 0.5) is 5.69 Å². The Balaban J connectivity index is 1.75. The van der Waals surface area contributed by atoms with Gasteiger partial charge < -0.3 is 29.6 Å². The fourth-order valence-corrected chi connectivity index (χ4v) is 5.85. The third-order valence-electron chi connectivity index (χ3n) is 5.73. The molecule has 1 heterocycles. The van der Waals surface area contributed by atoms with Crippen molar-refractivity contribution in [1.82, 2.24) is 15.4 Å². The Morgan fingerprint density at radius 2 is 1.79 bits per heavy atom. The highest BCUT2D eigenvalue weighted by atomic mass is 35.5. The Labute approximate surface area is 235 Å². The summed E-state index contributed by atoms with van der Waals surface area (Å²) in [5.41, 5.74) is 0.596. The summed E-state index contributed by atoms with van der Waals surface area (Å²) in [7, 11) is -3.05.